The number of aryl methyl sites for hydroxylation is 1. The zero-order chi connectivity index (χ0) is 26.8. The van der Waals surface area contributed by atoms with Crippen LogP contribution in [0.3, 0.4) is 0 Å². The highest BCUT2D eigenvalue weighted by Gasteiger charge is 2.33. The minimum absolute atomic E-state index is 0.150. The number of nitrogens with one attached hydrogen (secondary N) is 1. The molecule has 1 amide bonds. The van der Waals surface area contributed by atoms with Crippen molar-refractivity contribution in [2.24, 2.45) is 0 Å². The summed E-state index contributed by atoms with van der Waals surface area (Å²) in [5.74, 6) is 1.48. The summed E-state index contributed by atoms with van der Waals surface area (Å²) in [4.78, 5) is 33.5. The lowest BCUT2D eigenvalue weighted by Gasteiger charge is -2.15. The molecule has 1 saturated heterocycles. The number of hydrogen-bond donors (Lipinski definition) is 1. The molecule has 1 N–H and O–H groups in total. The van der Waals surface area contributed by atoms with E-state index >= 15 is 0 Å². The van der Waals surface area contributed by atoms with Gasteiger partial charge in [-0.25, -0.2) is 4.98 Å². The van der Waals surface area contributed by atoms with E-state index in [9.17, 15) is 9.59 Å². The Bertz CT molecular complexity index is 1500. The second-order valence-electron chi connectivity index (χ2n) is 9.27. The predicted molar refractivity (Wildman–Crippen MR) is 152 cm³/mol. The maximum atomic E-state index is 13.6. The smallest absolute Gasteiger partial charge is 0.267 e. The van der Waals surface area contributed by atoms with Crippen molar-refractivity contribution in [2.45, 2.75) is 39.8 Å². The Morgan fingerprint density at radius 1 is 1.21 bits per heavy atom. The van der Waals surface area contributed by atoms with Crippen LogP contribution in [-0.4, -0.2) is 50.6 Å². The lowest BCUT2D eigenvalue weighted by molar-refractivity contribution is -0.122. The third-order valence-corrected chi connectivity index (χ3v) is 7.37. The quantitative estimate of drug-likeness (QED) is 0.236. The third kappa shape index (κ3) is 5.54. The molecule has 3 aromatic rings. The van der Waals surface area contributed by atoms with Crippen molar-refractivity contribution >= 4 is 51.7 Å². The molecular formula is C27H28N4O5S2. The fourth-order valence-corrected chi connectivity index (χ4v) is 5.35. The SMILES string of the molecule is Cc1ccc2nc(NCCCOC(C)C)c(C=C3SC(=S)N(Cc4ccc5c(c4)OCO5)C3=O)c(=O)n2c1. The summed E-state index contributed by atoms with van der Waals surface area (Å²) in [5.41, 5.74) is 2.35. The number of carbonyl (C=O) groups is 1. The topological polar surface area (TPSA) is 94.4 Å². The van der Waals surface area contributed by atoms with Gasteiger partial charge in [0.25, 0.3) is 11.5 Å². The van der Waals surface area contributed by atoms with E-state index in [2.05, 4.69) is 10.3 Å². The predicted octanol–water partition coefficient (Wildman–Crippen LogP) is 4.36. The van der Waals surface area contributed by atoms with Gasteiger partial charge in [0.1, 0.15) is 15.8 Å². The molecule has 0 spiro atoms. The van der Waals surface area contributed by atoms with E-state index in [-0.39, 0.29) is 30.9 Å². The molecule has 2 aliphatic heterocycles. The molecule has 0 aliphatic carbocycles. The van der Waals surface area contributed by atoms with Gasteiger partial charge >= 0.3 is 0 Å². The molecule has 9 nitrogen and oxygen atoms in total. The Kier molecular flexibility index (Phi) is 7.68. The number of ether oxygens (including phenoxy) is 3. The minimum Gasteiger partial charge on any atom is -0.454 e. The Hall–Kier alpha value is -3.41. The van der Waals surface area contributed by atoms with Gasteiger partial charge < -0.3 is 19.5 Å². The van der Waals surface area contributed by atoms with E-state index in [0.29, 0.717) is 50.9 Å². The maximum absolute atomic E-state index is 13.6. The number of rotatable bonds is 9. The number of pyridine rings is 1. The first-order valence-corrected chi connectivity index (χ1v) is 13.5. The highest BCUT2D eigenvalue weighted by atomic mass is 32.2. The van der Waals surface area contributed by atoms with Crippen LogP contribution in [-0.2, 0) is 16.1 Å². The fourth-order valence-electron chi connectivity index (χ4n) is 4.11. The van der Waals surface area contributed by atoms with Crippen LogP contribution < -0.4 is 20.3 Å². The van der Waals surface area contributed by atoms with Crippen molar-refractivity contribution < 1.29 is 19.0 Å². The second kappa shape index (κ2) is 11.1. The van der Waals surface area contributed by atoms with Gasteiger partial charge in [0.2, 0.25) is 6.79 Å². The van der Waals surface area contributed by atoms with Crippen molar-refractivity contribution in [3.8, 4) is 11.5 Å². The number of aromatic nitrogens is 2. The van der Waals surface area contributed by atoms with Crippen LogP contribution in [0.5, 0.6) is 11.5 Å². The Morgan fingerprint density at radius 2 is 2.03 bits per heavy atom. The molecule has 0 radical (unpaired) electrons. The van der Waals surface area contributed by atoms with E-state index in [1.165, 1.54) is 21.1 Å². The molecule has 2 aromatic heterocycles. The number of nitrogens with zero attached hydrogens (tertiary/aromatic N) is 3. The summed E-state index contributed by atoms with van der Waals surface area (Å²) in [7, 11) is 0. The normalized spacial score (nSPS) is 15.9. The Morgan fingerprint density at radius 3 is 2.84 bits per heavy atom. The summed E-state index contributed by atoms with van der Waals surface area (Å²) in [6.07, 6.45) is 4.23. The molecule has 38 heavy (non-hydrogen) atoms. The second-order valence-corrected chi connectivity index (χ2v) is 10.9. The van der Waals surface area contributed by atoms with Gasteiger partial charge in [-0.05, 0) is 62.6 Å². The molecular weight excluding hydrogens is 524 g/mol. The average molecular weight is 553 g/mol. The van der Waals surface area contributed by atoms with Gasteiger partial charge in [-0.15, -0.1) is 0 Å². The lowest BCUT2D eigenvalue weighted by atomic mass is 10.2. The molecule has 4 heterocycles. The van der Waals surface area contributed by atoms with Crippen LogP contribution in [0, 0.1) is 6.92 Å². The average Bonchev–Trinajstić information content (AvgIpc) is 3.45. The molecule has 11 heteroatoms. The zero-order valence-corrected chi connectivity index (χ0v) is 23.0. The van der Waals surface area contributed by atoms with Crippen LogP contribution in [0.15, 0.2) is 46.2 Å². The first kappa shape index (κ1) is 26.2. The van der Waals surface area contributed by atoms with Gasteiger partial charge in [-0.2, -0.15) is 0 Å². The Balaban J connectivity index is 1.43. The molecule has 5 rings (SSSR count). The largest absolute Gasteiger partial charge is 0.454 e. The molecule has 0 unspecified atom stereocenters. The number of carbonyl (C=O) groups excluding carboxylic acids is 1. The Labute approximate surface area is 229 Å². The number of amides is 1. The van der Waals surface area contributed by atoms with E-state index in [1.54, 1.807) is 18.3 Å². The molecule has 198 valence electrons. The van der Waals surface area contributed by atoms with Crippen LogP contribution in [0.1, 0.15) is 37.0 Å². The number of thioether (sulfide) groups is 1. The van der Waals surface area contributed by atoms with Crippen molar-refractivity contribution in [2.75, 3.05) is 25.3 Å². The van der Waals surface area contributed by atoms with Gasteiger partial charge in [-0.1, -0.05) is 36.1 Å². The third-order valence-electron chi connectivity index (χ3n) is 6.00. The van der Waals surface area contributed by atoms with Gasteiger partial charge in [0.05, 0.1) is 23.1 Å². The van der Waals surface area contributed by atoms with Crippen LogP contribution in [0.4, 0.5) is 5.82 Å². The van der Waals surface area contributed by atoms with E-state index in [4.69, 9.17) is 26.4 Å². The first-order chi connectivity index (χ1) is 18.3. The summed E-state index contributed by atoms with van der Waals surface area (Å²) in [5, 5.41) is 3.27. The van der Waals surface area contributed by atoms with E-state index in [1.807, 2.05) is 45.0 Å². The first-order valence-electron chi connectivity index (χ1n) is 12.3. The highest BCUT2D eigenvalue weighted by molar-refractivity contribution is 8.26. The van der Waals surface area contributed by atoms with E-state index < -0.39 is 0 Å². The van der Waals surface area contributed by atoms with Crippen LogP contribution >= 0.6 is 24.0 Å². The van der Waals surface area contributed by atoms with Crippen molar-refractivity contribution in [3.05, 3.63) is 68.5 Å². The van der Waals surface area contributed by atoms with Crippen molar-refractivity contribution in [3.63, 3.8) is 0 Å². The van der Waals surface area contributed by atoms with Crippen LogP contribution in [0.2, 0.25) is 0 Å². The molecule has 2 aliphatic rings. The van der Waals surface area contributed by atoms with Gasteiger partial charge in [0.15, 0.2) is 11.5 Å². The standard InChI is InChI=1S/C27H28N4O5S2/c1-16(2)34-10-4-9-28-24-19(25(32)30-13-17(3)5-8-23(30)29-24)12-22-26(33)31(27(37)38-22)14-18-6-7-20-21(11-18)36-15-35-20/h5-8,11-13,16,28H,4,9-10,14-15H2,1-3H3. The van der Waals surface area contributed by atoms with E-state index in [0.717, 1.165) is 17.5 Å². The number of benzene rings is 1. The zero-order valence-electron chi connectivity index (χ0n) is 21.4. The number of thiocarbonyl (C=S) groups is 1. The van der Waals surface area contributed by atoms with Crippen molar-refractivity contribution in [1.82, 2.24) is 14.3 Å². The van der Waals surface area contributed by atoms with Gasteiger partial charge in [0, 0.05) is 19.3 Å². The minimum atomic E-state index is -0.263. The lowest BCUT2D eigenvalue weighted by Crippen LogP contribution is -2.27. The number of fused-ring (bicyclic) bond motifs is 2. The molecule has 1 aromatic carbocycles. The summed E-state index contributed by atoms with van der Waals surface area (Å²) >= 11 is 6.70. The summed E-state index contributed by atoms with van der Waals surface area (Å²) in [6.45, 7) is 7.50. The molecule has 0 bridgehead atoms. The van der Waals surface area contributed by atoms with Crippen LogP contribution in [0.25, 0.3) is 11.7 Å². The fraction of sp³-hybridized carbons (Fsp3) is 0.333. The highest BCUT2D eigenvalue weighted by Crippen LogP contribution is 2.36. The number of hydrogen-bond acceptors (Lipinski definition) is 9. The summed E-state index contributed by atoms with van der Waals surface area (Å²) in [6, 6.07) is 9.25. The molecule has 0 saturated carbocycles. The van der Waals surface area contributed by atoms with Crippen molar-refractivity contribution in [1.29, 1.82) is 0 Å². The summed E-state index contributed by atoms with van der Waals surface area (Å²) < 4.78 is 18.4. The number of anilines is 1. The molecule has 0 atom stereocenters. The maximum Gasteiger partial charge on any atom is 0.267 e. The molecule has 1 fully saturated rings. The monoisotopic (exact) mass is 552 g/mol. The van der Waals surface area contributed by atoms with Gasteiger partial charge in [-0.3, -0.25) is 18.9 Å².